The number of alkyl halides is 2. The highest BCUT2D eigenvalue weighted by molar-refractivity contribution is 8.18. The van der Waals surface area contributed by atoms with Gasteiger partial charge in [0, 0.05) is 17.4 Å². The minimum Gasteiger partial charge on any atom is -0.496 e. The summed E-state index contributed by atoms with van der Waals surface area (Å²) in [6.07, 6.45) is -0.234. The largest absolute Gasteiger partial charge is 0.496 e. The highest BCUT2D eigenvalue weighted by atomic mass is 32.2. The maximum Gasteiger partial charge on any atom is 0.331 e. The Morgan fingerprint density at radius 2 is 2.14 bits per heavy atom. The molecule has 1 aliphatic heterocycles. The van der Waals surface area contributed by atoms with Crippen molar-refractivity contribution < 1.29 is 27.8 Å². The van der Waals surface area contributed by atoms with Crippen molar-refractivity contribution in [3.63, 3.8) is 0 Å². The molecule has 0 unspecified atom stereocenters. The zero-order valence-electron chi connectivity index (χ0n) is 19.2. The van der Waals surface area contributed by atoms with Gasteiger partial charge in [-0.1, -0.05) is 0 Å². The van der Waals surface area contributed by atoms with Crippen LogP contribution >= 0.6 is 23.5 Å². The van der Waals surface area contributed by atoms with Crippen LogP contribution in [0.3, 0.4) is 0 Å². The van der Waals surface area contributed by atoms with Crippen molar-refractivity contribution in [1.82, 2.24) is 10.3 Å². The average Bonchev–Trinajstić information content (AvgIpc) is 3.20. The van der Waals surface area contributed by atoms with E-state index in [0.29, 0.717) is 22.6 Å². The van der Waals surface area contributed by atoms with Crippen LogP contribution in [0.4, 0.5) is 8.78 Å². The summed E-state index contributed by atoms with van der Waals surface area (Å²) in [5, 5.41) is 20.3. The number of ether oxygens (including phenoxy) is 2. The number of esters is 1. The topological polar surface area (TPSA) is 126 Å². The fourth-order valence-corrected chi connectivity index (χ4v) is 4.72. The molecular weight excluding hydrogens is 512 g/mol. The standard InChI is InChI=1S/C23H19F2N5O4S2/c1-12-6-16(20(24)25)28-22(15(12)9-26)35-11-14-7-13(4-5-17(14)33-2)10-27-30-23-29-21(32)18(36-23)8-19(31)34-3/h4-8,10,20H,11H2,1-3H3,(H,29,30,32)/b18-8+,27-10?. The van der Waals surface area contributed by atoms with E-state index in [9.17, 15) is 23.6 Å². The molecule has 2 aromatic rings. The summed E-state index contributed by atoms with van der Waals surface area (Å²) >= 11 is 2.09. The molecule has 0 radical (unpaired) electrons. The second kappa shape index (κ2) is 12.3. The number of nitriles is 1. The van der Waals surface area contributed by atoms with Gasteiger partial charge in [-0.25, -0.2) is 18.6 Å². The third kappa shape index (κ3) is 6.67. The molecule has 3 rings (SSSR count). The van der Waals surface area contributed by atoms with Gasteiger partial charge in [0.1, 0.15) is 22.5 Å². The Morgan fingerprint density at radius 3 is 2.81 bits per heavy atom. The van der Waals surface area contributed by atoms with E-state index in [1.807, 2.05) is 6.07 Å². The van der Waals surface area contributed by atoms with Crippen LogP contribution in [0.5, 0.6) is 5.75 Å². The number of nitrogens with one attached hydrogen (secondary N) is 1. The first-order valence-electron chi connectivity index (χ1n) is 10.1. The van der Waals surface area contributed by atoms with Gasteiger partial charge in [0.15, 0.2) is 5.17 Å². The van der Waals surface area contributed by atoms with Crippen LogP contribution in [0, 0.1) is 18.3 Å². The van der Waals surface area contributed by atoms with Crippen molar-refractivity contribution in [2.24, 2.45) is 10.2 Å². The summed E-state index contributed by atoms with van der Waals surface area (Å²) in [6.45, 7) is 1.59. The number of aromatic nitrogens is 1. The molecule has 2 heterocycles. The van der Waals surface area contributed by atoms with E-state index in [1.165, 1.54) is 26.5 Å². The lowest BCUT2D eigenvalue weighted by molar-refractivity contribution is -0.135. The molecule has 0 atom stereocenters. The third-order valence-corrected chi connectivity index (χ3v) is 6.59. The van der Waals surface area contributed by atoms with Gasteiger partial charge in [0.25, 0.3) is 12.3 Å². The van der Waals surface area contributed by atoms with Gasteiger partial charge in [0.2, 0.25) is 0 Å². The van der Waals surface area contributed by atoms with Crippen molar-refractivity contribution in [1.29, 1.82) is 5.26 Å². The Hall–Kier alpha value is -3.76. The Bertz CT molecular complexity index is 1320. The molecule has 186 valence electrons. The number of halogens is 2. The highest BCUT2D eigenvalue weighted by Crippen LogP contribution is 2.32. The van der Waals surface area contributed by atoms with E-state index in [0.717, 1.165) is 35.2 Å². The Morgan fingerprint density at radius 1 is 1.36 bits per heavy atom. The van der Waals surface area contributed by atoms with Crippen LogP contribution in [0.15, 0.2) is 50.5 Å². The number of benzene rings is 1. The molecule has 1 aliphatic rings. The molecule has 1 aromatic heterocycles. The second-order valence-electron chi connectivity index (χ2n) is 7.05. The predicted octanol–water partition coefficient (Wildman–Crippen LogP) is 4.11. The maximum absolute atomic E-state index is 13.2. The zero-order chi connectivity index (χ0) is 26.2. The summed E-state index contributed by atoms with van der Waals surface area (Å²) in [4.78, 5) is 27.3. The first-order valence-corrected chi connectivity index (χ1v) is 11.9. The second-order valence-corrected chi connectivity index (χ2v) is 9.05. The van der Waals surface area contributed by atoms with Crippen LogP contribution < -0.4 is 10.1 Å². The summed E-state index contributed by atoms with van der Waals surface area (Å²) in [5.74, 6) is -0.294. The molecular formula is C23H19F2N5O4S2. The van der Waals surface area contributed by atoms with Crippen molar-refractivity contribution in [3.8, 4) is 11.8 Å². The maximum atomic E-state index is 13.2. The van der Waals surface area contributed by atoms with E-state index < -0.39 is 18.3 Å². The highest BCUT2D eigenvalue weighted by Gasteiger charge is 2.25. The fourth-order valence-electron chi connectivity index (χ4n) is 2.95. The fraction of sp³-hybridized carbons (Fsp3) is 0.217. The normalized spacial score (nSPS) is 15.5. The lowest BCUT2D eigenvalue weighted by atomic mass is 10.1. The lowest BCUT2D eigenvalue weighted by Crippen LogP contribution is -2.19. The summed E-state index contributed by atoms with van der Waals surface area (Å²) in [7, 11) is 2.71. The van der Waals surface area contributed by atoms with Crippen LogP contribution in [0.25, 0.3) is 0 Å². The molecule has 9 nitrogen and oxygen atoms in total. The number of rotatable bonds is 8. The van der Waals surface area contributed by atoms with Gasteiger partial charge in [-0.3, -0.25) is 10.1 Å². The molecule has 1 amide bonds. The van der Waals surface area contributed by atoms with Crippen molar-refractivity contribution in [3.05, 3.63) is 63.2 Å². The van der Waals surface area contributed by atoms with E-state index in [-0.39, 0.29) is 26.4 Å². The quantitative estimate of drug-likeness (QED) is 0.177. The van der Waals surface area contributed by atoms with Gasteiger partial charge >= 0.3 is 5.97 Å². The average molecular weight is 532 g/mol. The Labute approximate surface area is 213 Å². The number of nitrogens with zero attached hydrogens (tertiary/aromatic N) is 4. The Kier molecular flexibility index (Phi) is 9.15. The monoisotopic (exact) mass is 531 g/mol. The van der Waals surface area contributed by atoms with Gasteiger partial charge < -0.3 is 9.47 Å². The van der Waals surface area contributed by atoms with Crippen LogP contribution in [-0.4, -0.2) is 42.5 Å². The third-order valence-electron chi connectivity index (χ3n) is 4.66. The molecule has 0 aliphatic carbocycles. The number of aryl methyl sites for hydroxylation is 1. The molecule has 0 spiro atoms. The molecule has 1 N–H and O–H groups in total. The molecule has 0 bridgehead atoms. The smallest absolute Gasteiger partial charge is 0.331 e. The van der Waals surface area contributed by atoms with E-state index >= 15 is 0 Å². The molecule has 0 saturated carbocycles. The number of hydrogen-bond acceptors (Lipinski definition) is 10. The van der Waals surface area contributed by atoms with Gasteiger partial charge in [-0.15, -0.1) is 16.9 Å². The summed E-state index contributed by atoms with van der Waals surface area (Å²) < 4.78 is 36.3. The molecule has 36 heavy (non-hydrogen) atoms. The molecule has 13 heteroatoms. The lowest BCUT2D eigenvalue weighted by Gasteiger charge is -2.11. The van der Waals surface area contributed by atoms with Crippen LogP contribution in [-0.2, 0) is 20.1 Å². The minimum absolute atomic E-state index is 0.135. The molecule has 1 aromatic carbocycles. The molecule has 1 fully saturated rings. The first-order chi connectivity index (χ1) is 17.2. The van der Waals surface area contributed by atoms with E-state index in [1.54, 1.807) is 25.1 Å². The van der Waals surface area contributed by atoms with Gasteiger partial charge in [0.05, 0.1) is 30.9 Å². The van der Waals surface area contributed by atoms with Crippen molar-refractivity contribution in [2.75, 3.05) is 14.2 Å². The predicted molar refractivity (Wildman–Crippen MR) is 132 cm³/mol. The minimum atomic E-state index is -2.75. The SMILES string of the molecule is COC(=O)/C=C1/S/C(=N\N=Cc2ccc(OC)c(CSc3nc(C(F)F)cc(C)c3C#N)c2)NC1=O. The summed E-state index contributed by atoms with van der Waals surface area (Å²) in [6, 6.07) is 8.46. The van der Waals surface area contributed by atoms with Crippen LogP contribution in [0.1, 0.15) is 34.4 Å². The van der Waals surface area contributed by atoms with Crippen LogP contribution in [0.2, 0.25) is 0 Å². The summed E-state index contributed by atoms with van der Waals surface area (Å²) in [5.41, 5.74) is 1.66. The zero-order valence-corrected chi connectivity index (χ0v) is 20.9. The van der Waals surface area contributed by atoms with E-state index in [2.05, 4.69) is 25.2 Å². The number of thioether (sulfide) groups is 2. The van der Waals surface area contributed by atoms with Gasteiger partial charge in [-0.2, -0.15) is 10.4 Å². The number of amidine groups is 1. The van der Waals surface area contributed by atoms with E-state index in [4.69, 9.17) is 4.74 Å². The van der Waals surface area contributed by atoms with Crippen molar-refractivity contribution in [2.45, 2.75) is 24.1 Å². The first kappa shape index (κ1) is 26.8. The number of hydrogen-bond donors (Lipinski definition) is 1. The number of carbonyl (C=O) groups excluding carboxylic acids is 2. The van der Waals surface area contributed by atoms with Gasteiger partial charge in [-0.05, 0) is 54.1 Å². The number of amides is 1. The van der Waals surface area contributed by atoms with Crippen molar-refractivity contribution >= 4 is 46.8 Å². The number of carbonyl (C=O) groups is 2. The number of methoxy groups -OCH3 is 2. The number of pyridine rings is 1. The molecule has 1 saturated heterocycles. The Balaban J connectivity index is 1.77.